The first kappa shape index (κ1) is 19.1. The van der Waals surface area contributed by atoms with Crippen LogP contribution in [-0.2, 0) is 9.53 Å². The highest BCUT2D eigenvalue weighted by Gasteiger charge is 2.29. The van der Waals surface area contributed by atoms with Crippen molar-refractivity contribution in [2.75, 3.05) is 0 Å². The van der Waals surface area contributed by atoms with Crippen molar-refractivity contribution < 1.29 is 19.8 Å². The van der Waals surface area contributed by atoms with Gasteiger partial charge >= 0.3 is 5.97 Å². The molecule has 0 atom stereocenters. The molecule has 2 rings (SSSR count). The summed E-state index contributed by atoms with van der Waals surface area (Å²) in [5.41, 5.74) is 5.35. The smallest absolute Gasteiger partial charge is 0.309 e. The third-order valence-corrected chi connectivity index (χ3v) is 3.49. The average Bonchev–Trinajstić information content (AvgIpc) is 2.34. The fraction of sp³-hybridized carbons (Fsp3) is 0.500. The van der Waals surface area contributed by atoms with E-state index in [2.05, 4.69) is 5.16 Å². The fourth-order valence-electron chi connectivity index (χ4n) is 1.79. The zero-order chi connectivity index (χ0) is 17.6. The third kappa shape index (κ3) is 6.36. The Bertz CT molecular complexity index is 578. The molecule has 6 nitrogen and oxygen atoms in total. The summed E-state index contributed by atoms with van der Waals surface area (Å²) in [4.78, 5) is 11.2. The second kappa shape index (κ2) is 8.06. The molecule has 128 valence electrons. The van der Waals surface area contributed by atoms with Crippen molar-refractivity contribution in [1.82, 2.24) is 0 Å². The number of nitrogens with two attached hydrogens (primary N) is 1. The molecule has 0 unspecified atom stereocenters. The van der Waals surface area contributed by atoms with Crippen LogP contribution in [0.15, 0.2) is 23.4 Å². The van der Waals surface area contributed by atoms with E-state index in [-0.39, 0.29) is 34.1 Å². The average molecular weight is 343 g/mol. The molecule has 0 bridgehead atoms. The van der Waals surface area contributed by atoms with Crippen LogP contribution >= 0.6 is 11.6 Å². The Kier molecular flexibility index (Phi) is 6.69. The Morgan fingerprint density at radius 1 is 1.39 bits per heavy atom. The molecule has 0 aromatic heterocycles. The molecular weight excluding hydrogens is 320 g/mol. The number of benzene rings is 1. The van der Waals surface area contributed by atoms with Crippen LogP contribution in [0.5, 0.6) is 5.75 Å². The molecule has 23 heavy (non-hydrogen) atoms. The molecule has 1 aliphatic rings. The largest absolute Gasteiger partial charge is 0.508 e. The quantitative estimate of drug-likeness (QED) is 0.251. The predicted molar refractivity (Wildman–Crippen MR) is 88.8 cm³/mol. The van der Waals surface area contributed by atoms with E-state index in [4.69, 9.17) is 32.4 Å². The summed E-state index contributed by atoms with van der Waals surface area (Å²) in [6.45, 7) is 5.72. The highest BCUT2D eigenvalue weighted by atomic mass is 35.5. The molecule has 1 aromatic carbocycles. The van der Waals surface area contributed by atoms with Crippen LogP contribution in [0.3, 0.4) is 0 Å². The molecule has 0 spiro atoms. The second-order valence-electron chi connectivity index (χ2n) is 6.31. The standard InChI is InChI=1S/C9H16O2.C7H7ClN2O2/c1-9(2,3)11-8(10)7-5-4-6-7;8-6-3-4(11)1-2-5(6)7(9)10-12/h7H,4-6H2,1-3H3;1-3,11-12H,(H2,9,10). The number of halogens is 1. The van der Waals surface area contributed by atoms with Gasteiger partial charge in [-0.05, 0) is 51.8 Å². The van der Waals surface area contributed by atoms with E-state index < -0.39 is 0 Å². The number of esters is 1. The van der Waals surface area contributed by atoms with E-state index in [1.54, 1.807) is 0 Å². The molecule has 0 heterocycles. The number of hydrogen-bond acceptors (Lipinski definition) is 5. The van der Waals surface area contributed by atoms with E-state index in [1.807, 2.05) is 20.8 Å². The van der Waals surface area contributed by atoms with Crippen molar-refractivity contribution in [3.05, 3.63) is 28.8 Å². The molecule has 7 heteroatoms. The lowest BCUT2D eigenvalue weighted by Crippen LogP contribution is -2.31. The minimum atomic E-state index is -0.313. The number of carbonyl (C=O) groups is 1. The first-order valence-electron chi connectivity index (χ1n) is 7.33. The van der Waals surface area contributed by atoms with E-state index in [0.29, 0.717) is 5.56 Å². The van der Waals surface area contributed by atoms with E-state index in [0.717, 1.165) is 12.8 Å². The predicted octanol–water partition coefficient (Wildman–Crippen LogP) is 3.27. The SMILES string of the molecule is CC(C)(C)OC(=O)C1CCC1.N/C(=N\O)c1ccc(O)cc1Cl. The van der Waals surface area contributed by atoms with Gasteiger partial charge in [0.2, 0.25) is 0 Å². The number of hydrogen-bond donors (Lipinski definition) is 3. The molecule has 1 aliphatic carbocycles. The van der Waals surface area contributed by atoms with Gasteiger partial charge in [-0.2, -0.15) is 0 Å². The van der Waals surface area contributed by atoms with Gasteiger partial charge in [-0.3, -0.25) is 4.79 Å². The summed E-state index contributed by atoms with van der Waals surface area (Å²) in [7, 11) is 0. The van der Waals surface area contributed by atoms with Gasteiger partial charge in [0.15, 0.2) is 5.84 Å². The fourth-order valence-corrected chi connectivity index (χ4v) is 2.07. The summed E-state index contributed by atoms with van der Waals surface area (Å²) < 4.78 is 5.20. The zero-order valence-corrected chi connectivity index (χ0v) is 14.3. The van der Waals surface area contributed by atoms with Gasteiger partial charge in [-0.1, -0.05) is 23.2 Å². The minimum absolute atomic E-state index is 0.0104. The zero-order valence-electron chi connectivity index (χ0n) is 13.5. The number of amidine groups is 1. The number of aromatic hydroxyl groups is 1. The number of phenols is 1. The van der Waals surface area contributed by atoms with Crippen LogP contribution < -0.4 is 5.73 Å². The Morgan fingerprint density at radius 3 is 2.39 bits per heavy atom. The van der Waals surface area contributed by atoms with Gasteiger partial charge in [0.25, 0.3) is 0 Å². The van der Waals surface area contributed by atoms with E-state index in [9.17, 15) is 4.79 Å². The van der Waals surface area contributed by atoms with Gasteiger partial charge in [0.1, 0.15) is 11.4 Å². The lowest BCUT2D eigenvalue weighted by molar-refractivity contribution is -0.162. The number of phenolic OH excluding ortho intramolecular Hbond substituents is 1. The van der Waals surface area contributed by atoms with Gasteiger partial charge in [0, 0.05) is 5.56 Å². The molecule has 0 radical (unpaired) electrons. The molecular formula is C16H23ClN2O4. The van der Waals surface area contributed by atoms with Gasteiger partial charge in [-0.15, -0.1) is 0 Å². The summed E-state index contributed by atoms with van der Waals surface area (Å²) in [5.74, 6) is 0.146. The van der Waals surface area contributed by atoms with E-state index in [1.165, 1.54) is 24.6 Å². The minimum Gasteiger partial charge on any atom is -0.508 e. The number of oxime groups is 1. The summed E-state index contributed by atoms with van der Waals surface area (Å²) >= 11 is 5.67. The maximum absolute atomic E-state index is 11.2. The van der Waals surface area contributed by atoms with E-state index >= 15 is 0 Å². The number of rotatable bonds is 2. The third-order valence-electron chi connectivity index (χ3n) is 3.18. The van der Waals surface area contributed by atoms with Crippen LogP contribution in [0.2, 0.25) is 5.02 Å². The molecule has 4 N–H and O–H groups in total. The molecule has 0 saturated heterocycles. The van der Waals surface area contributed by atoms with Gasteiger partial charge in [0.05, 0.1) is 10.9 Å². The van der Waals surface area contributed by atoms with Crippen molar-refractivity contribution in [3.8, 4) is 5.75 Å². The molecule has 1 aromatic rings. The monoisotopic (exact) mass is 342 g/mol. The maximum atomic E-state index is 11.2. The molecule has 1 fully saturated rings. The number of ether oxygens (including phenoxy) is 1. The topological polar surface area (TPSA) is 105 Å². The highest BCUT2D eigenvalue weighted by Crippen LogP contribution is 2.28. The van der Waals surface area contributed by atoms with Crippen molar-refractivity contribution >= 4 is 23.4 Å². The Morgan fingerprint density at radius 2 is 2.00 bits per heavy atom. The van der Waals surface area contributed by atoms with Crippen molar-refractivity contribution in [3.63, 3.8) is 0 Å². The van der Waals surface area contributed by atoms with Crippen LogP contribution in [-0.4, -0.2) is 27.7 Å². The Labute approximate surface area is 140 Å². The normalized spacial score (nSPS) is 15.2. The Hall–Kier alpha value is -1.95. The molecule has 0 aliphatic heterocycles. The summed E-state index contributed by atoms with van der Waals surface area (Å²) in [5, 5.41) is 20.3. The van der Waals surface area contributed by atoms with Crippen LogP contribution in [0.1, 0.15) is 45.6 Å². The van der Waals surface area contributed by atoms with Gasteiger partial charge < -0.3 is 20.8 Å². The van der Waals surface area contributed by atoms with Gasteiger partial charge in [-0.25, -0.2) is 0 Å². The summed E-state index contributed by atoms with van der Waals surface area (Å²) in [6, 6.07) is 4.18. The number of nitrogens with zero attached hydrogens (tertiary/aromatic N) is 1. The lowest BCUT2D eigenvalue weighted by atomic mass is 9.85. The first-order chi connectivity index (χ1) is 10.6. The number of carbonyl (C=O) groups excluding carboxylic acids is 1. The molecule has 0 amide bonds. The summed E-state index contributed by atoms with van der Waals surface area (Å²) in [6.07, 6.45) is 3.23. The maximum Gasteiger partial charge on any atom is 0.309 e. The van der Waals surface area contributed by atoms with Crippen LogP contribution in [0.25, 0.3) is 0 Å². The van der Waals surface area contributed by atoms with Crippen molar-refractivity contribution in [2.45, 2.75) is 45.6 Å². The lowest BCUT2D eigenvalue weighted by Gasteiger charge is -2.28. The molecule has 1 saturated carbocycles. The van der Waals surface area contributed by atoms with Crippen LogP contribution in [0, 0.1) is 5.92 Å². The second-order valence-corrected chi connectivity index (χ2v) is 6.72. The Balaban J connectivity index is 0.000000231. The van der Waals surface area contributed by atoms with Crippen LogP contribution in [0.4, 0.5) is 0 Å². The van der Waals surface area contributed by atoms with Crippen molar-refractivity contribution in [1.29, 1.82) is 0 Å². The van der Waals surface area contributed by atoms with Crippen molar-refractivity contribution in [2.24, 2.45) is 16.8 Å². The highest BCUT2D eigenvalue weighted by molar-refractivity contribution is 6.34. The first-order valence-corrected chi connectivity index (χ1v) is 7.71.